The van der Waals surface area contributed by atoms with Crippen LogP contribution in [0.2, 0.25) is 0 Å². The maximum atomic E-state index is 13.3. The van der Waals surface area contributed by atoms with E-state index >= 15 is 0 Å². The van der Waals surface area contributed by atoms with E-state index in [1.54, 1.807) is 12.1 Å². The zero-order chi connectivity index (χ0) is 16.9. The molecule has 1 aromatic carbocycles. The monoisotopic (exact) mass is 323 g/mol. The Morgan fingerprint density at radius 1 is 1.29 bits per heavy atom. The van der Waals surface area contributed by atoms with Crippen LogP contribution >= 0.6 is 0 Å². The summed E-state index contributed by atoms with van der Waals surface area (Å²) in [6, 6.07) is 8.46. The van der Waals surface area contributed by atoms with Gasteiger partial charge in [-0.1, -0.05) is 12.1 Å². The van der Waals surface area contributed by atoms with E-state index in [4.69, 9.17) is 4.74 Å². The van der Waals surface area contributed by atoms with Crippen molar-refractivity contribution in [2.75, 3.05) is 6.61 Å². The highest BCUT2D eigenvalue weighted by Crippen LogP contribution is 2.37. The minimum absolute atomic E-state index is 0.297. The van der Waals surface area contributed by atoms with Crippen molar-refractivity contribution >= 4 is 12.2 Å². The molecule has 5 heteroatoms. The third kappa shape index (κ3) is 3.13. The first-order valence-corrected chi connectivity index (χ1v) is 8.10. The molecular weight excluding hydrogens is 305 g/mol. The molecule has 0 saturated heterocycles. The first kappa shape index (κ1) is 16.1. The van der Waals surface area contributed by atoms with Crippen LogP contribution in [-0.2, 0) is 17.6 Å². The molecule has 0 bridgehead atoms. The predicted molar refractivity (Wildman–Crippen MR) is 90.8 cm³/mol. The van der Waals surface area contributed by atoms with Gasteiger partial charge in [0.2, 0.25) is 0 Å². The SMILES string of the molecule is CCOC=Nc1nc2c(c(-c3ccc(F)cc3)c1C#N)CCCC2. The zero-order valence-corrected chi connectivity index (χ0v) is 13.6. The molecule has 0 unspecified atom stereocenters. The molecule has 0 amide bonds. The molecule has 0 spiro atoms. The number of aryl methyl sites for hydroxylation is 1. The van der Waals surface area contributed by atoms with Crippen LogP contribution in [0.5, 0.6) is 0 Å². The maximum Gasteiger partial charge on any atom is 0.176 e. The number of pyridine rings is 1. The molecule has 3 rings (SSSR count). The number of hydrogen-bond acceptors (Lipinski definition) is 4. The normalized spacial score (nSPS) is 13.5. The first-order valence-electron chi connectivity index (χ1n) is 8.10. The zero-order valence-electron chi connectivity index (χ0n) is 13.6. The molecule has 1 heterocycles. The Bertz CT molecular complexity index is 807. The quantitative estimate of drug-likeness (QED) is 0.621. The molecule has 1 aliphatic rings. The third-order valence-corrected chi connectivity index (χ3v) is 4.12. The van der Waals surface area contributed by atoms with E-state index in [2.05, 4.69) is 16.0 Å². The van der Waals surface area contributed by atoms with E-state index < -0.39 is 0 Å². The van der Waals surface area contributed by atoms with Gasteiger partial charge in [-0.15, -0.1) is 0 Å². The Labute approximate surface area is 140 Å². The number of benzene rings is 1. The molecule has 0 atom stereocenters. The highest BCUT2D eigenvalue weighted by Gasteiger charge is 2.22. The second kappa shape index (κ2) is 7.22. The van der Waals surface area contributed by atoms with Gasteiger partial charge in [-0.3, -0.25) is 0 Å². The number of aromatic nitrogens is 1. The molecule has 2 aromatic rings. The molecule has 24 heavy (non-hydrogen) atoms. The van der Waals surface area contributed by atoms with E-state index in [1.807, 2.05) is 6.92 Å². The molecule has 1 aliphatic carbocycles. The lowest BCUT2D eigenvalue weighted by Crippen LogP contribution is -2.09. The van der Waals surface area contributed by atoms with Crippen LogP contribution in [0.1, 0.15) is 36.6 Å². The third-order valence-electron chi connectivity index (χ3n) is 4.12. The lowest BCUT2D eigenvalue weighted by atomic mass is 9.86. The minimum Gasteiger partial charge on any atom is -0.483 e. The highest BCUT2D eigenvalue weighted by atomic mass is 19.1. The number of nitrogens with zero attached hydrogens (tertiary/aromatic N) is 3. The average molecular weight is 323 g/mol. The van der Waals surface area contributed by atoms with Gasteiger partial charge in [0, 0.05) is 11.3 Å². The number of ether oxygens (including phenoxy) is 1. The van der Waals surface area contributed by atoms with Crippen molar-refractivity contribution in [1.82, 2.24) is 4.98 Å². The van der Waals surface area contributed by atoms with Crippen molar-refractivity contribution < 1.29 is 9.13 Å². The minimum atomic E-state index is -0.297. The van der Waals surface area contributed by atoms with E-state index in [0.29, 0.717) is 18.0 Å². The van der Waals surface area contributed by atoms with Crippen molar-refractivity contribution in [1.29, 1.82) is 5.26 Å². The Hall–Kier alpha value is -2.74. The van der Waals surface area contributed by atoms with Gasteiger partial charge in [-0.2, -0.15) is 10.3 Å². The predicted octanol–water partition coefficient (Wildman–Crippen LogP) is 4.33. The Morgan fingerprint density at radius 2 is 2.04 bits per heavy atom. The smallest absolute Gasteiger partial charge is 0.176 e. The summed E-state index contributed by atoms with van der Waals surface area (Å²) < 4.78 is 18.4. The highest BCUT2D eigenvalue weighted by molar-refractivity contribution is 5.80. The fraction of sp³-hybridized carbons (Fsp3) is 0.316. The van der Waals surface area contributed by atoms with Crippen LogP contribution in [-0.4, -0.2) is 18.0 Å². The Morgan fingerprint density at radius 3 is 2.75 bits per heavy atom. The van der Waals surface area contributed by atoms with Crippen LogP contribution in [0.15, 0.2) is 29.3 Å². The van der Waals surface area contributed by atoms with Crippen molar-refractivity contribution in [2.24, 2.45) is 4.99 Å². The van der Waals surface area contributed by atoms with Crippen LogP contribution < -0.4 is 0 Å². The fourth-order valence-electron chi connectivity index (χ4n) is 3.02. The van der Waals surface area contributed by atoms with Crippen molar-refractivity contribution in [2.45, 2.75) is 32.6 Å². The van der Waals surface area contributed by atoms with Crippen LogP contribution in [0.4, 0.5) is 10.2 Å². The summed E-state index contributed by atoms with van der Waals surface area (Å²) in [5, 5.41) is 9.69. The Balaban J connectivity index is 2.22. The second-order valence-electron chi connectivity index (χ2n) is 5.63. The summed E-state index contributed by atoms with van der Waals surface area (Å²) in [7, 11) is 0. The van der Waals surface area contributed by atoms with Crippen molar-refractivity contribution in [3.63, 3.8) is 0 Å². The Kier molecular flexibility index (Phi) is 4.85. The molecule has 0 saturated carbocycles. The fourth-order valence-corrected chi connectivity index (χ4v) is 3.02. The van der Waals surface area contributed by atoms with Gasteiger partial charge in [-0.25, -0.2) is 9.37 Å². The average Bonchev–Trinajstić information content (AvgIpc) is 2.61. The molecule has 1 aromatic heterocycles. The molecule has 4 nitrogen and oxygen atoms in total. The maximum absolute atomic E-state index is 13.3. The number of nitriles is 1. The topological polar surface area (TPSA) is 58.3 Å². The van der Waals surface area contributed by atoms with Gasteiger partial charge in [0.1, 0.15) is 17.4 Å². The molecule has 122 valence electrons. The number of halogens is 1. The van der Waals surface area contributed by atoms with Gasteiger partial charge in [0.15, 0.2) is 12.2 Å². The lowest BCUT2D eigenvalue weighted by molar-refractivity contribution is 0.344. The van der Waals surface area contributed by atoms with E-state index in [-0.39, 0.29) is 5.82 Å². The van der Waals surface area contributed by atoms with Crippen LogP contribution in [0, 0.1) is 17.1 Å². The van der Waals surface area contributed by atoms with Gasteiger partial charge >= 0.3 is 0 Å². The van der Waals surface area contributed by atoms with Gasteiger partial charge in [0.05, 0.1) is 6.61 Å². The van der Waals surface area contributed by atoms with Gasteiger partial charge in [-0.05, 0) is 55.9 Å². The molecular formula is C19H18FN3O. The van der Waals surface area contributed by atoms with E-state index in [0.717, 1.165) is 48.1 Å². The number of hydrogen-bond donors (Lipinski definition) is 0. The molecule has 0 fully saturated rings. The standard InChI is InChI=1S/C19H18FN3O/c1-2-24-12-22-19-16(11-21)18(13-7-9-14(20)10-8-13)15-5-3-4-6-17(15)23-19/h7-10,12H,2-6H2,1H3. The largest absolute Gasteiger partial charge is 0.483 e. The van der Waals surface area contributed by atoms with Crippen molar-refractivity contribution in [3.05, 3.63) is 46.9 Å². The summed E-state index contributed by atoms with van der Waals surface area (Å²) in [5.74, 6) is 0.0701. The first-order chi connectivity index (χ1) is 11.7. The lowest BCUT2D eigenvalue weighted by Gasteiger charge is -2.21. The number of fused-ring (bicyclic) bond motifs is 1. The number of aliphatic imine (C=N–C) groups is 1. The van der Waals surface area contributed by atoms with E-state index in [1.165, 1.54) is 18.5 Å². The summed E-state index contributed by atoms with van der Waals surface area (Å²) in [5.41, 5.74) is 4.12. The van der Waals surface area contributed by atoms with Gasteiger partial charge < -0.3 is 4.74 Å². The van der Waals surface area contributed by atoms with Gasteiger partial charge in [0.25, 0.3) is 0 Å². The van der Waals surface area contributed by atoms with Crippen molar-refractivity contribution in [3.8, 4) is 17.2 Å². The van der Waals surface area contributed by atoms with Crippen LogP contribution in [0.25, 0.3) is 11.1 Å². The van der Waals surface area contributed by atoms with Crippen LogP contribution in [0.3, 0.4) is 0 Å². The summed E-state index contributed by atoms with van der Waals surface area (Å²) in [6.45, 7) is 2.36. The summed E-state index contributed by atoms with van der Waals surface area (Å²) >= 11 is 0. The number of rotatable bonds is 4. The second-order valence-corrected chi connectivity index (χ2v) is 5.63. The molecule has 0 radical (unpaired) electrons. The molecule has 0 N–H and O–H groups in total. The summed E-state index contributed by atoms with van der Waals surface area (Å²) in [6.07, 6.45) is 5.21. The van der Waals surface area contributed by atoms with E-state index in [9.17, 15) is 9.65 Å². The summed E-state index contributed by atoms with van der Waals surface area (Å²) in [4.78, 5) is 8.81. The molecule has 0 aliphatic heterocycles.